The van der Waals surface area contributed by atoms with Crippen molar-refractivity contribution in [2.75, 3.05) is 23.8 Å². The molecule has 0 aliphatic heterocycles. The summed E-state index contributed by atoms with van der Waals surface area (Å²) >= 11 is 3.15. The van der Waals surface area contributed by atoms with E-state index in [1.165, 1.54) is 0 Å². The van der Waals surface area contributed by atoms with Crippen LogP contribution in [0.4, 0.5) is 5.69 Å². The highest BCUT2D eigenvalue weighted by atomic mass is 79.9. The Morgan fingerprint density at radius 2 is 1.79 bits per heavy atom. The van der Waals surface area contributed by atoms with E-state index in [1.54, 1.807) is 0 Å². The average Bonchev–Trinajstić information content (AvgIpc) is 3.22. The third kappa shape index (κ3) is 5.97. The van der Waals surface area contributed by atoms with E-state index in [0.717, 1.165) is 45.2 Å². The number of nitrogens with one attached hydrogen (secondary N) is 3. The summed E-state index contributed by atoms with van der Waals surface area (Å²) in [6.45, 7) is 4.82. The second kappa shape index (κ2) is 10.6. The van der Waals surface area contributed by atoms with Crippen molar-refractivity contribution < 1.29 is 14.6 Å². The number of amides is 1. The van der Waals surface area contributed by atoms with Crippen molar-refractivity contribution >= 4 is 49.3 Å². The molecule has 34 heavy (non-hydrogen) atoms. The molecule has 1 atom stereocenters. The van der Waals surface area contributed by atoms with E-state index in [-0.39, 0.29) is 23.4 Å². The van der Waals surface area contributed by atoms with Crippen LogP contribution in [0.15, 0.2) is 66.7 Å². The number of carbonyl (C=O) groups is 1. The molecule has 6 nitrogen and oxygen atoms in total. The van der Waals surface area contributed by atoms with Crippen LogP contribution in [-0.4, -0.2) is 46.1 Å². The fourth-order valence-corrected chi connectivity index (χ4v) is 4.24. The summed E-state index contributed by atoms with van der Waals surface area (Å²) < 4.78 is 6.04. The maximum Gasteiger partial charge on any atom is 0.235 e. The lowest BCUT2D eigenvalue weighted by atomic mass is 9.94. The van der Waals surface area contributed by atoms with Gasteiger partial charge in [0.15, 0.2) is 0 Å². The van der Waals surface area contributed by atoms with Crippen LogP contribution >= 0.6 is 15.9 Å². The number of halogens is 1. The minimum absolute atomic E-state index is 0.0770. The number of carbonyl (C=O) groups excluding carboxylic acids is 1. The lowest BCUT2D eigenvalue weighted by Gasteiger charge is -2.28. The first kappa shape index (κ1) is 24.3. The topological polar surface area (TPSA) is 86.4 Å². The van der Waals surface area contributed by atoms with E-state index in [0.29, 0.717) is 6.54 Å². The molecule has 4 aromatic rings. The van der Waals surface area contributed by atoms with E-state index >= 15 is 0 Å². The van der Waals surface area contributed by atoms with Gasteiger partial charge in [0.2, 0.25) is 5.91 Å². The molecule has 4 rings (SSSR count). The summed E-state index contributed by atoms with van der Waals surface area (Å²) in [5, 5.41) is 19.3. The first-order valence-corrected chi connectivity index (χ1v) is 12.5. The van der Waals surface area contributed by atoms with E-state index < -0.39 is 6.10 Å². The van der Waals surface area contributed by atoms with Crippen LogP contribution in [-0.2, 0) is 11.2 Å². The molecular weight excluding hydrogens is 494 g/mol. The lowest BCUT2D eigenvalue weighted by Crippen LogP contribution is -2.46. The summed E-state index contributed by atoms with van der Waals surface area (Å²) in [6.07, 6.45) is 0.128. The van der Waals surface area contributed by atoms with Gasteiger partial charge >= 0.3 is 0 Å². The maximum absolute atomic E-state index is 11.5. The summed E-state index contributed by atoms with van der Waals surface area (Å²) in [4.78, 5) is 14.9. The Kier molecular flexibility index (Phi) is 7.56. The quantitative estimate of drug-likeness (QED) is 0.220. The highest BCUT2D eigenvalue weighted by molar-refractivity contribution is 9.09. The minimum atomic E-state index is -0.651. The van der Waals surface area contributed by atoms with Gasteiger partial charge in [0.1, 0.15) is 18.5 Å². The largest absolute Gasteiger partial charge is 0.490 e. The van der Waals surface area contributed by atoms with Gasteiger partial charge in [-0.05, 0) is 56.2 Å². The maximum atomic E-state index is 11.5. The molecule has 0 spiro atoms. The number of rotatable bonds is 10. The fraction of sp³-hybridized carbons (Fsp3) is 0.296. The number of hydrogen-bond acceptors (Lipinski definition) is 4. The molecule has 0 aliphatic rings. The van der Waals surface area contributed by atoms with Crippen LogP contribution in [0.3, 0.4) is 0 Å². The molecule has 4 N–H and O–H groups in total. The minimum Gasteiger partial charge on any atom is -0.490 e. The Morgan fingerprint density at radius 1 is 1.06 bits per heavy atom. The third-order valence-electron chi connectivity index (χ3n) is 5.74. The normalized spacial score (nSPS) is 12.7. The zero-order chi connectivity index (χ0) is 24.1. The summed E-state index contributed by atoms with van der Waals surface area (Å²) in [7, 11) is 0. The van der Waals surface area contributed by atoms with E-state index in [4.69, 9.17) is 4.74 Å². The van der Waals surface area contributed by atoms with Gasteiger partial charge in [0, 0.05) is 34.1 Å². The predicted octanol–water partition coefficient (Wildman–Crippen LogP) is 5.01. The Hall–Kier alpha value is -2.87. The highest BCUT2D eigenvalue weighted by Crippen LogP contribution is 2.33. The molecule has 1 heterocycles. The van der Waals surface area contributed by atoms with Gasteiger partial charge in [-0.15, -0.1) is 0 Å². The number of fused-ring (bicyclic) bond motifs is 3. The summed E-state index contributed by atoms with van der Waals surface area (Å²) in [6, 6.07) is 21.9. The number of benzene rings is 3. The number of H-pyrrole nitrogens is 1. The highest BCUT2D eigenvalue weighted by Gasteiger charge is 2.20. The zero-order valence-corrected chi connectivity index (χ0v) is 21.0. The molecule has 0 fully saturated rings. The van der Waals surface area contributed by atoms with Crippen molar-refractivity contribution in [3.8, 4) is 5.75 Å². The first-order chi connectivity index (χ1) is 16.3. The number of β-amino-alcohol motifs (C(OH)–C–C–N with tert-alkyl or cyclic N) is 1. The summed E-state index contributed by atoms with van der Waals surface area (Å²) in [5.41, 5.74) is 3.78. The van der Waals surface area contributed by atoms with E-state index in [2.05, 4.69) is 51.5 Å². The van der Waals surface area contributed by atoms with Gasteiger partial charge < -0.3 is 25.5 Å². The number of anilines is 1. The molecule has 7 heteroatoms. The summed E-state index contributed by atoms with van der Waals surface area (Å²) in [5.74, 6) is 0.687. The van der Waals surface area contributed by atoms with Crippen molar-refractivity contribution in [2.24, 2.45) is 0 Å². The van der Waals surface area contributed by atoms with E-state index in [9.17, 15) is 9.90 Å². The average molecular weight is 524 g/mol. The van der Waals surface area contributed by atoms with Crippen LogP contribution in [0.2, 0.25) is 0 Å². The van der Waals surface area contributed by atoms with Gasteiger partial charge in [0.25, 0.3) is 0 Å². The molecule has 0 aliphatic carbocycles. The van der Waals surface area contributed by atoms with Crippen molar-refractivity contribution in [3.63, 3.8) is 0 Å². The number of aliphatic hydroxyl groups excluding tert-OH is 1. The first-order valence-electron chi connectivity index (χ1n) is 11.3. The Bertz CT molecular complexity index is 1270. The Balaban J connectivity index is 1.31. The molecule has 1 amide bonds. The number of aliphatic hydroxyl groups is 1. The fourth-order valence-electron chi connectivity index (χ4n) is 4.10. The van der Waals surface area contributed by atoms with Gasteiger partial charge in [-0.1, -0.05) is 52.3 Å². The Morgan fingerprint density at radius 3 is 2.56 bits per heavy atom. The van der Waals surface area contributed by atoms with Crippen LogP contribution < -0.4 is 15.4 Å². The molecule has 0 saturated heterocycles. The van der Waals surface area contributed by atoms with Gasteiger partial charge in [-0.2, -0.15) is 0 Å². The SMILES string of the molecule is CC(C)(Cc1ccc(NC(=O)CBr)cc1)NCC(O)COc1cccc2[nH]c3ccccc3c12. The predicted molar refractivity (Wildman–Crippen MR) is 142 cm³/mol. The number of aromatic amines is 1. The number of aromatic nitrogens is 1. The lowest BCUT2D eigenvalue weighted by molar-refractivity contribution is -0.113. The van der Waals surface area contributed by atoms with Crippen molar-refractivity contribution in [3.05, 3.63) is 72.3 Å². The molecule has 0 radical (unpaired) electrons. The second-order valence-corrected chi connectivity index (χ2v) is 9.70. The molecule has 1 aromatic heterocycles. The standard InChI is InChI=1S/C27H30BrN3O3/c1-27(2,14-18-10-12-19(13-11-18)30-25(33)15-28)29-16-20(32)17-34-24-9-5-8-23-26(24)21-6-3-4-7-22(21)31-23/h3-13,20,29,31-32H,14-17H2,1-2H3,(H,30,33). The van der Waals surface area contributed by atoms with Gasteiger partial charge in [0.05, 0.1) is 10.8 Å². The van der Waals surface area contributed by atoms with Gasteiger partial charge in [-0.3, -0.25) is 4.79 Å². The number of hydrogen-bond donors (Lipinski definition) is 4. The monoisotopic (exact) mass is 523 g/mol. The van der Waals surface area contributed by atoms with Crippen LogP contribution in [0.25, 0.3) is 21.8 Å². The van der Waals surface area contributed by atoms with E-state index in [1.807, 2.05) is 60.7 Å². The number of para-hydroxylation sites is 1. The Labute approximate surface area is 207 Å². The van der Waals surface area contributed by atoms with Crippen molar-refractivity contribution in [2.45, 2.75) is 31.9 Å². The molecular formula is C27H30BrN3O3. The van der Waals surface area contributed by atoms with Crippen LogP contribution in [0.1, 0.15) is 19.4 Å². The van der Waals surface area contributed by atoms with Crippen LogP contribution in [0, 0.1) is 0 Å². The molecule has 178 valence electrons. The van der Waals surface area contributed by atoms with Crippen LogP contribution in [0.5, 0.6) is 5.75 Å². The molecule has 0 bridgehead atoms. The second-order valence-electron chi connectivity index (χ2n) is 9.13. The zero-order valence-electron chi connectivity index (χ0n) is 19.4. The van der Waals surface area contributed by atoms with Crippen molar-refractivity contribution in [1.82, 2.24) is 10.3 Å². The van der Waals surface area contributed by atoms with Gasteiger partial charge in [-0.25, -0.2) is 0 Å². The number of alkyl halides is 1. The molecule has 1 unspecified atom stereocenters. The smallest absolute Gasteiger partial charge is 0.235 e. The van der Waals surface area contributed by atoms with Crippen molar-refractivity contribution in [1.29, 1.82) is 0 Å². The third-order valence-corrected chi connectivity index (χ3v) is 6.25. The molecule has 3 aromatic carbocycles. The number of ether oxygens (including phenoxy) is 1. The molecule has 0 saturated carbocycles.